The van der Waals surface area contributed by atoms with Crippen LogP contribution in [0.4, 0.5) is 5.69 Å². The predicted octanol–water partition coefficient (Wildman–Crippen LogP) is 1.86. The highest BCUT2D eigenvalue weighted by atomic mass is 16.3. The number of hydrogen-bond donors (Lipinski definition) is 3. The zero-order chi connectivity index (χ0) is 10.7. The normalized spacial score (nSPS) is 20.5. The molecule has 1 heterocycles. The third-order valence-electron chi connectivity index (χ3n) is 2.91. The molecule has 0 aromatic heterocycles. The van der Waals surface area contributed by atoms with Crippen LogP contribution in [0, 0.1) is 6.92 Å². The molecule has 3 heteroatoms. The zero-order valence-electron chi connectivity index (χ0n) is 9.09. The molecule has 1 aromatic rings. The fourth-order valence-electron chi connectivity index (χ4n) is 2.01. The van der Waals surface area contributed by atoms with Crippen molar-refractivity contribution in [2.24, 2.45) is 0 Å². The molecule has 0 saturated carbocycles. The number of aryl methyl sites for hydroxylation is 1. The first-order valence-corrected chi connectivity index (χ1v) is 5.52. The molecule has 0 aliphatic carbocycles. The Kier molecular flexibility index (Phi) is 3.11. The lowest BCUT2D eigenvalue weighted by Crippen LogP contribution is -2.29. The van der Waals surface area contributed by atoms with Crippen LogP contribution in [0.15, 0.2) is 18.2 Å². The minimum atomic E-state index is 0.331. The van der Waals surface area contributed by atoms with Gasteiger partial charge >= 0.3 is 0 Å². The molecule has 2 rings (SSSR count). The van der Waals surface area contributed by atoms with E-state index in [1.165, 1.54) is 12.8 Å². The molecular weight excluding hydrogens is 188 g/mol. The molecule has 1 fully saturated rings. The van der Waals surface area contributed by atoms with Gasteiger partial charge in [0.2, 0.25) is 0 Å². The van der Waals surface area contributed by atoms with E-state index in [1.54, 1.807) is 12.1 Å². The Hall–Kier alpha value is -1.22. The van der Waals surface area contributed by atoms with Gasteiger partial charge in [0.15, 0.2) is 0 Å². The summed E-state index contributed by atoms with van der Waals surface area (Å²) >= 11 is 0. The molecule has 0 spiro atoms. The summed E-state index contributed by atoms with van der Waals surface area (Å²) in [5.41, 5.74) is 2.20. The van der Waals surface area contributed by atoms with E-state index in [4.69, 9.17) is 0 Å². The number of anilines is 1. The van der Waals surface area contributed by atoms with Gasteiger partial charge in [-0.1, -0.05) is 0 Å². The SMILES string of the molecule is Cc1cc(O)ccc1NCC1CCCN1. The first-order valence-electron chi connectivity index (χ1n) is 5.52. The molecule has 1 unspecified atom stereocenters. The van der Waals surface area contributed by atoms with Crippen LogP contribution < -0.4 is 10.6 Å². The van der Waals surface area contributed by atoms with Crippen LogP contribution in [0.25, 0.3) is 0 Å². The van der Waals surface area contributed by atoms with E-state index < -0.39 is 0 Å². The van der Waals surface area contributed by atoms with Gasteiger partial charge in [0.1, 0.15) is 5.75 Å². The highest BCUT2D eigenvalue weighted by Gasteiger charge is 2.13. The molecule has 3 nitrogen and oxygen atoms in total. The topological polar surface area (TPSA) is 44.3 Å². The van der Waals surface area contributed by atoms with E-state index in [0.717, 1.165) is 24.3 Å². The largest absolute Gasteiger partial charge is 0.508 e. The van der Waals surface area contributed by atoms with Crippen molar-refractivity contribution in [2.45, 2.75) is 25.8 Å². The van der Waals surface area contributed by atoms with Gasteiger partial charge < -0.3 is 15.7 Å². The Morgan fingerprint density at radius 2 is 2.40 bits per heavy atom. The second kappa shape index (κ2) is 4.53. The lowest BCUT2D eigenvalue weighted by Gasteiger charge is -2.14. The summed E-state index contributed by atoms with van der Waals surface area (Å²) in [6.45, 7) is 4.11. The van der Waals surface area contributed by atoms with Gasteiger partial charge in [-0.3, -0.25) is 0 Å². The van der Waals surface area contributed by atoms with Crippen LogP contribution in [0.5, 0.6) is 5.75 Å². The lowest BCUT2D eigenvalue weighted by atomic mass is 10.1. The molecular formula is C12H18N2O. The van der Waals surface area contributed by atoms with Gasteiger partial charge in [0.25, 0.3) is 0 Å². The van der Waals surface area contributed by atoms with E-state index in [9.17, 15) is 5.11 Å². The maximum Gasteiger partial charge on any atom is 0.115 e. The van der Waals surface area contributed by atoms with Crippen molar-refractivity contribution in [1.82, 2.24) is 5.32 Å². The molecule has 1 atom stereocenters. The van der Waals surface area contributed by atoms with E-state index in [1.807, 2.05) is 13.0 Å². The van der Waals surface area contributed by atoms with Crippen molar-refractivity contribution in [3.63, 3.8) is 0 Å². The summed E-state index contributed by atoms with van der Waals surface area (Å²) in [5, 5.41) is 16.1. The minimum Gasteiger partial charge on any atom is -0.508 e. The van der Waals surface area contributed by atoms with Gasteiger partial charge in [-0.2, -0.15) is 0 Å². The number of nitrogens with one attached hydrogen (secondary N) is 2. The van der Waals surface area contributed by atoms with Crippen LogP contribution in [0.3, 0.4) is 0 Å². The van der Waals surface area contributed by atoms with Gasteiger partial charge in [0.05, 0.1) is 0 Å². The number of phenols is 1. The summed E-state index contributed by atoms with van der Waals surface area (Å²) in [7, 11) is 0. The smallest absolute Gasteiger partial charge is 0.115 e. The molecule has 0 amide bonds. The van der Waals surface area contributed by atoms with E-state index in [0.29, 0.717) is 11.8 Å². The van der Waals surface area contributed by atoms with Crippen molar-refractivity contribution in [3.8, 4) is 5.75 Å². The van der Waals surface area contributed by atoms with Crippen molar-refractivity contribution >= 4 is 5.69 Å². The second-order valence-electron chi connectivity index (χ2n) is 4.17. The summed E-state index contributed by atoms with van der Waals surface area (Å²) in [6.07, 6.45) is 2.53. The van der Waals surface area contributed by atoms with E-state index >= 15 is 0 Å². The third kappa shape index (κ3) is 2.63. The van der Waals surface area contributed by atoms with Gasteiger partial charge in [-0.05, 0) is 50.1 Å². The molecule has 1 aliphatic rings. The molecule has 0 bridgehead atoms. The first kappa shape index (κ1) is 10.3. The average molecular weight is 206 g/mol. The Morgan fingerprint density at radius 1 is 1.53 bits per heavy atom. The predicted molar refractivity (Wildman–Crippen MR) is 62.4 cm³/mol. The van der Waals surface area contributed by atoms with Crippen molar-refractivity contribution in [1.29, 1.82) is 0 Å². The van der Waals surface area contributed by atoms with Crippen LogP contribution >= 0.6 is 0 Å². The Labute approximate surface area is 90.5 Å². The number of hydrogen-bond acceptors (Lipinski definition) is 3. The van der Waals surface area contributed by atoms with Gasteiger partial charge in [-0.25, -0.2) is 0 Å². The van der Waals surface area contributed by atoms with E-state index in [-0.39, 0.29) is 0 Å². The summed E-state index contributed by atoms with van der Waals surface area (Å²) in [4.78, 5) is 0. The lowest BCUT2D eigenvalue weighted by molar-refractivity contribution is 0.475. The number of benzene rings is 1. The highest BCUT2D eigenvalue weighted by Crippen LogP contribution is 2.20. The maximum atomic E-state index is 9.28. The molecule has 0 radical (unpaired) electrons. The van der Waals surface area contributed by atoms with Gasteiger partial charge in [-0.15, -0.1) is 0 Å². The van der Waals surface area contributed by atoms with Crippen LogP contribution in [-0.2, 0) is 0 Å². The molecule has 1 aromatic carbocycles. The zero-order valence-corrected chi connectivity index (χ0v) is 9.09. The third-order valence-corrected chi connectivity index (χ3v) is 2.91. The molecule has 1 saturated heterocycles. The average Bonchev–Trinajstić information content (AvgIpc) is 2.69. The first-order chi connectivity index (χ1) is 7.25. The summed E-state index contributed by atoms with van der Waals surface area (Å²) in [5.74, 6) is 0.331. The van der Waals surface area contributed by atoms with Crippen LogP contribution in [0.1, 0.15) is 18.4 Å². The Balaban J connectivity index is 1.92. The van der Waals surface area contributed by atoms with Crippen LogP contribution in [0.2, 0.25) is 0 Å². The highest BCUT2D eigenvalue weighted by molar-refractivity contribution is 5.53. The Morgan fingerprint density at radius 3 is 3.07 bits per heavy atom. The summed E-state index contributed by atoms with van der Waals surface area (Å²) in [6, 6.07) is 6.03. The van der Waals surface area contributed by atoms with Crippen molar-refractivity contribution < 1.29 is 5.11 Å². The summed E-state index contributed by atoms with van der Waals surface area (Å²) < 4.78 is 0. The molecule has 3 N–H and O–H groups in total. The minimum absolute atomic E-state index is 0.331. The second-order valence-corrected chi connectivity index (χ2v) is 4.17. The molecule has 82 valence electrons. The number of aromatic hydroxyl groups is 1. The monoisotopic (exact) mass is 206 g/mol. The fraction of sp³-hybridized carbons (Fsp3) is 0.500. The van der Waals surface area contributed by atoms with Crippen LogP contribution in [-0.4, -0.2) is 24.2 Å². The number of rotatable bonds is 3. The van der Waals surface area contributed by atoms with E-state index in [2.05, 4.69) is 10.6 Å². The standard InChI is InChI=1S/C12H18N2O/c1-9-7-11(15)4-5-12(9)14-8-10-3-2-6-13-10/h4-5,7,10,13-15H,2-3,6,8H2,1H3. The molecule has 1 aliphatic heterocycles. The molecule has 15 heavy (non-hydrogen) atoms. The fourth-order valence-corrected chi connectivity index (χ4v) is 2.01. The quantitative estimate of drug-likeness (QED) is 0.661. The van der Waals surface area contributed by atoms with Crippen molar-refractivity contribution in [2.75, 3.05) is 18.4 Å². The van der Waals surface area contributed by atoms with Gasteiger partial charge in [0, 0.05) is 18.3 Å². The maximum absolute atomic E-state index is 9.28. The Bertz CT molecular complexity index is 332. The van der Waals surface area contributed by atoms with Crippen molar-refractivity contribution in [3.05, 3.63) is 23.8 Å². The number of phenolic OH excluding ortho intramolecular Hbond substituents is 1.